The quantitative estimate of drug-likeness (QED) is 0.721. The molecule has 0 bridgehead atoms. The Kier molecular flexibility index (Phi) is 5.20. The molecule has 0 aromatic heterocycles. The van der Waals surface area contributed by atoms with Gasteiger partial charge in [-0.1, -0.05) is 25.1 Å². The molecule has 0 spiro atoms. The highest BCUT2D eigenvalue weighted by molar-refractivity contribution is 5.26. The van der Waals surface area contributed by atoms with E-state index in [0.717, 1.165) is 24.9 Å². The Morgan fingerprint density at radius 1 is 1.50 bits per heavy atom. The van der Waals surface area contributed by atoms with Crippen molar-refractivity contribution >= 4 is 0 Å². The highest BCUT2D eigenvalue weighted by Gasteiger charge is 2.10. The Balaban J connectivity index is 2.82. The first-order chi connectivity index (χ1) is 7.69. The van der Waals surface area contributed by atoms with Gasteiger partial charge in [0.2, 0.25) is 0 Å². The largest absolute Gasteiger partial charge is 0.310 e. The van der Waals surface area contributed by atoms with Gasteiger partial charge in [0, 0.05) is 6.04 Å². The molecule has 1 aromatic carbocycles. The summed E-state index contributed by atoms with van der Waals surface area (Å²) in [6.45, 7) is 8.58. The molecule has 0 radical (unpaired) electrons. The summed E-state index contributed by atoms with van der Waals surface area (Å²) >= 11 is 0. The topological polar surface area (TPSA) is 12.0 Å². The van der Waals surface area contributed by atoms with Crippen LogP contribution in [0.1, 0.15) is 36.9 Å². The maximum Gasteiger partial charge on any atom is 0.126 e. The third-order valence-electron chi connectivity index (χ3n) is 2.64. The van der Waals surface area contributed by atoms with E-state index in [0.29, 0.717) is 5.56 Å². The second-order valence-electron chi connectivity index (χ2n) is 4.04. The van der Waals surface area contributed by atoms with E-state index in [9.17, 15) is 4.39 Å². The molecule has 0 aliphatic heterocycles. The molecule has 1 aromatic rings. The van der Waals surface area contributed by atoms with Crippen LogP contribution < -0.4 is 5.32 Å². The van der Waals surface area contributed by atoms with Crippen molar-refractivity contribution in [2.24, 2.45) is 0 Å². The van der Waals surface area contributed by atoms with Crippen LogP contribution in [0.25, 0.3) is 0 Å². The predicted octanol–water partition coefficient (Wildman–Crippen LogP) is 3.75. The Labute approximate surface area is 97.4 Å². The molecule has 0 aliphatic rings. The standard InChI is InChI=1S/C14H20FN/c1-4-6-14(16-9-5-2)12-8-7-11(3)13(15)10-12/h4,7-8,10,14,16H,1,5-6,9H2,2-3H3. The number of hydrogen-bond acceptors (Lipinski definition) is 1. The summed E-state index contributed by atoms with van der Waals surface area (Å²) in [4.78, 5) is 0. The minimum atomic E-state index is -0.134. The lowest BCUT2D eigenvalue weighted by Gasteiger charge is -2.17. The van der Waals surface area contributed by atoms with Gasteiger partial charge in [-0.15, -0.1) is 6.58 Å². The third kappa shape index (κ3) is 3.46. The zero-order valence-corrected chi connectivity index (χ0v) is 10.1. The minimum absolute atomic E-state index is 0.134. The van der Waals surface area contributed by atoms with Gasteiger partial charge in [-0.3, -0.25) is 0 Å². The van der Waals surface area contributed by atoms with E-state index < -0.39 is 0 Å². The van der Waals surface area contributed by atoms with Crippen LogP contribution in [-0.4, -0.2) is 6.54 Å². The molecule has 1 unspecified atom stereocenters. The number of aryl methyl sites for hydroxylation is 1. The molecule has 0 saturated carbocycles. The van der Waals surface area contributed by atoms with Crippen LogP contribution >= 0.6 is 0 Å². The van der Waals surface area contributed by atoms with E-state index in [1.807, 2.05) is 18.2 Å². The van der Waals surface area contributed by atoms with Gasteiger partial charge in [0.1, 0.15) is 5.82 Å². The molecule has 1 rings (SSSR count). The van der Waals surface area contributed by atoms with E-state index in [-0.39, 0.29) is 11.9 Å². The molecule has 88 valence electrons. The molecule has 1 nitrogen and oxygen atoms in total. The Morgan fingerprint density at radius 3 is 2.81 bits per heavy atom. The molecular weight excluding hydrogens is 201 g/mol. The summed E-state index contributed by atoms with van der Waals surface area (Å²) < 4.78 is 13.4. The zero-order chi connectivity index (χ0) is 12.0. The van der Waals surface area contributed by atoms with Crippen molar-refractivity contribution in [3.05, 3.63) is 47.8 Å². The molecule has 1 N–H and O–H groups in total. The predicted molar refractivity (Wildman–Crippen MR) is 67.0 cm³/mol. The average molecular weight is 221 g/mol. The van der Waals surface area contributed by atoms with Gasteiger partial charge in [0.25, 0.3) is 0 Å². The first kappa shape index (κ1) is 12.9. The second-order valence-corrected chi connectivity index (χ2v) is 4.04. The number of halogens is 1. The Bertz CT molecular complexity index is 347. The highest BCUT2D eigenvalue weighted by Crippen LogP contribution is 2.19. The summed E-state index contributed by atoms with van der Waals surface area (Å²) in [7, 11) is 0. The van der Waals surface area contributed by atoms with Gasteiger partial charge in [-0.25, -0.2) is 4.39 Å². The van der Waals surface area contributed by atoms with Crippen LogP contribution in [0.2, 0.25) is 0 Å². The zero-order valence-electron chi connectivity index (χ0n) is 10.1. The maximum absolute atomic E-state index is 13.4. The maximum atomic E-state index is 13.4. The first-order valence-corrected chi connectivity index (χ1v) is 5.79. The molecule has 0 heterocycles. The molecule has 1 atom stereocenters. The first-order valence-electron chi connectivity index (χ1n) is 5.79. The van der Waals surface area contributed by atoms with Crippen LogP contribution in [-0.2, 0) is 0 Å². The minimum Gasteiger partial charge on any atom is -0.310 e. The van der Waals surface area contributed by atoms with E-state index in [1.165, 1.54) is 0 Å². The van der Waals surface area contributed by atoms with Crippen molar-refractivity contribution in [2.45, 2.75) is 32.7 Å². The fourth-order valence-electron chi connectivity index (χ4n) is 1.65. The summed E-state index contributed by atoms with van der Waals surface area (Å²) in [5.74, 6) is -0.134. The fourth-order valence-corrected chi connectivity index (χ4v) is 1.65. The normalized spacial score (nSPS) is 12.4. The van der Waals surface area contributed by atoms with E-state index in [1.54, 1.807) is 13.0 Å². The van der Waals surface area contributed by atoms with Crippen LogP contribution in [0.15, 0.2) is 30.9 Å². The summed E-state index contributed by atoms with van der Waals surface area (Å²) in [5, 5.41) is 3.40. The molecule has 0 aliphatic carbocycles. The average Bonchev–Trinajstić information content (AvgIpc) is 2.28. The lowest BCUT2D eigenvalue weighted by Crippen LogP contribution is -2.21. The van der Waals surface area contributed by atoms with E-state index in [2.05, 4.69) is 18.8 Å². The lowest BCUT2D eigenvalue weighted by atomic mass is 10.0. The smallest absolute Gasteiger partial charge is 0.126 e. The van der Waals surface area contributed by atoms with E-state index >= 15 is 0 Å². The van der Waals surface area contributed by atoms with E-state index in [4.69, 9.17) is 0 Å². The fraction of sp³-hybridized carbons (Fsp3) is 0.429. The van der Waals surface area contributed by atoms with Crippen molar-refractivity contribution in [2.75, 3.05) is 6.54 Å². The molecule has 16 heavy (non-hydrogen) atoms. The molecule has 0 fully saturated rings. The third-order valence-corrected chi connectivity index (χ3v) is 2.64. The number of benzene rings is 1. The summed E-state index contributed by atoms with van der Waals surface area (Å²) in [6.07, 6.45) is 3.76. The van der Waals surface area contributed by atoms with Crippen molar-refractivity contribution < 1.29 is 4.39 Å². The summed E-state index contributed by atoms with van der Waals surface area (Å²) in [5.41, 5.74) is 1.69. The van der Waals surface area contributed by atoms with Crippen molar-refractivity contribution in [1.29, 1.82) is 0 Å². The number of rotatable bonds is 6. The number of hydrogen-bond donors (Lipinski definition) is 1. The second kappa shape index (κ2) is 6.44. The number of nitrogens with one attached hydrogen (secondary N) is 1. The van der Waals surface area contributed by atoms with Crippen LogP contribution in [0.4, 0.5) is 4.39 Å². The van der Waals surface area contributed by atoms with Gasteiger partial charge in [-0.05, 0) is 43.5 Å². The van der Waals surface area contributed by atoms with Crippen molar-refractivity contribution in [3.63, 3.8) is 0 Å². The molecule has 0 amide bonds. The monoisotopic (exact) mass is 221 g/mol. The van der Waals surface area contributed by atoms with Crippen LogP contribution in [0.3, 0.4) is 0 Å². The SMILES string of the molecule is C=CCC(NCCC)c1ccc(C)c(F)c1. The molecular formula is C14H20FN. The molecule has 2 heteroatoms. The summed E-state index contributed by atoms with van der Waals surface area (Å²) in [6, 6.07) is 5.60. The Morgan fingerprint density at radius 2 is 2.25 bits per heavy atom. The van der Waals surface area contributed by atoms with Gasteiger partial charge in [0.15, 0.2) is 0 Å². The Hall–Kier alpha value is -1.15. The lowest BCUT2D eigenvalue weighted by molar-refractivity contribution is 0.531. The van der Waals surface area contributed by atoms with Crippen molar-refractivity contribution in [3.8, 4) is 0 Å². The van der Waals surface area contributed by atoms with Crippen LogP contribution in [0, 0.1) is 12.7 Å². The van der Waals surface area contributed by atoms with Gasteiger partial charge >= 0.3 is 0 Å². The van der Waals surface area contributed by atoms with Crippen LogP contribution in [0.5, 0.6) is 0 Å². The van der Waals surface area contributed by atoms with Gasteiger partial charge < -0.3 is 5.32 Å². The van der Waals surface area contributed by atoms with Crippen molar-refractivity contribution in [1.82, 2.24) is 5.32 Å². The van der Waals surface area contributed by atoms with Gasteiger partial charge in [-0.2, -0.15) is 0 Å². The molecule has 0 saturated heterocycles. The van der Waals surface area contributed by atoms with Gasteiger partial charge in [0.05, 0.1) is 0 Å². The highest BCUT2D eigenvalue weighted by atomic mass is 19.1.